The zero-order valence-corrected chi connectivity index (χ0v) is 9.05. The highest BCUT2D eigenvalue weighted by Gasteiger charge is 2.19. The van der Waals surface area contributed by atoms with Gasteiger partial charge in [-0.1, -0.05) is 5.16 Å². The van der Waals surface area contributed by atoms with E-state index in [1.165, 1.54) is 0 Å². The number of aromatic carboxylic acids is 2. The zero-order valence-electron chi connectivity index (χ0n) is 9.05. The molecule has 2 N–H and O–H groups in total. The van der Waals surface area contributed by atoms with Crippen LogP contribution in [-0.2, 0) is 0 Å². The Morgan fingerprint density at radius 2 is 1.79 bits per heavy atom. The third kappa shape index (κ3) is 2.28. The average Bonchev–Trinajstić information content (AvgIpc) is 2.81. The van der Waals surface area contributed by atoms with Gasteiger partial charge in [-0.3, -0.25) is 0 Å². The Hall–Kier alpha value is -2.77. The van der Waals surface area contributed by atoms with Crippen LogP contribution in [0.1, 0.15) is 20.9 Å². The van der Waals surface area contributed by atoms with E-state index in [2.05, 4.69) is 9.68 Å². The summed E-state index contributed by atoms with van der Waals surface area (Å²) in [5, 5.41) is 20.7. The van der Waals surface area contributed by atoms with Crippen molar-refractivity contribution < 1.29 is 33.1 Å². The fraction of sp³-hybridized carbons (Fsp3) is 0. The van der Waals surface area contributed by atoms with Gasteiger partial charge in [0, 0.05) is 11.6 Å². The van der Waals surface area contributed by atoms with Crippen molar-refractivity contribution in [3.63, 3.8) is 0 Å². The predicted molar refractivity (Wildman–Crippen MR) is 55.8 cm³/mol. The van der Waals surface area contributed by atoms with Crippen molar-refractivity contribution in [2.45, 2.75) is 0 Å². The van der Waals surface area contributed by atoms with Crippen LogP contribution in [0.25, 0.3) is 11.3 Å². The highest BCUT2D eigenvalue weighted by molar-refractivity contribution is 5.90. The smallest absolute Gasteiger partial charge is 0.374 e. The molecule has 0 aliphatic rings. The van der Waals surface area contributed by atoms with Crippen molar-refractivity contribution in [1.82, 2.24) is 5.16 Å². The number of hydrogen-bond donors (Lipinski definition) is 2. The molecule has 98 valence electrons. The molecule has 0 spiro atoms. The first-order valence-electron chi connectivity index (χ1n) is 4.83. The minimum absolute atomic E-state index is 0.104. The SMILES string of the molecule is O=C(O)c1cc(-c2cc(F)c(F)c(C(=O)O)c2)no1. The van der Waals surface area contributed by atoms with Gasteiger partial charge < -0.3 is 14.7 Å². The fourth-order valence-electron chi connectivity index (χ4n) is 1.40. The lowest BCUT2D eigenvalue weighted by Crippen LogP contribution is -2.03. The van der Waals surface area contributed by atoms with Gasteiger partial charge in [0.15, 0.2) is 11.6 Å². The number of benzene rings is 1. The van der Waals surface area contributed by atoms with Crippen LogP contribution in [0, 0.1) is 11.6 Å². The number of carboxylic acid groups (broad SMARTS) is 2. The van der Waals surface area contributed by atoms with Gasteiger partial charge in [0.2, 0.25) is 5.76 Å². The van der Waals surface area contributed by atoms with Crippen LogP contribution in [0.2, 0.25) is 0 Å². The van der Waals surface area contributed by atoms with E-state index in [4.69, 9.17) is 10.2 Å². The molecule has 0 aliphatic heterocycles. The third-order valence-electron chi connectivity index (χ3n) is 2.28. The van der Waals surface area contributed by atoms with E-state index in [1.54, 1.807) is 0 Å². The molecule has 0 amide bonds. The van der Waals surface area contributed by atoms with Gasteiger partial charge >= 0.3 is 11.9 Å². The minimum atomic E-state index is -1.65. The predicted octanol–water partition coefficient (Wildman–Crippen LogP) is 2.02. The second-order valence-electron chi connectivity index (χ2n) is 3.51. The van der Waals surface area contributed by atoms with Crippen LogP contribution >= 0.6 is 0 Å². The number of rotatable bonds is 3. The summed E-state index contributed by atoms with van der Waals surface area (Å²) in [5.74, 6) is -6.43. The molecule has 1 aromatic heterocycles. The standard InChI is InChI=1S/C11H5F2NO5/c12-6-2-4(1-5(9(6)13)10(15)16)7-3-8(11(17)18)19-14-7/h1-3H,(H,15,16)(H,17,18). The van der Waals surface area contributed by atoms with Crippen LogP contribution in [0.5, 0.6) is 0 Å². The molecular formula is C11H5F2NO5. The van der Waals surface area contributed by atoms with E-state index in [0.717, 1.165) is 12.1 Å². The van der Waals surface area contributed by atoms with E-state index in [-0.39, 0.29) is 11.3 Å². The molecule has 0 unspecified atom stereocenters. The second-order valence-corrected chi connectivity index (χ2v) is 3.51. The summed E-state index contributed by atoms with van der Waals surface area (Å²) < 4.78 is 30.9. The highest BCUT2D eigenvalue weighted by atomic mass is 19.2. The average molecular weight is 269 g/mol. The van der Waals surface area contributed by atoms with Crippen molar-refractivity contribution in [3.05, 3.63) is 41.2 Å². The molecule has 0 saturated carbocycles. The molecule has 0 fully saturated rings. The molecule has 19 heavy (non-hydrogen) atoms. The molecule has 0 radical (unpaired) electrons. The summed E-state index contributed by atoms with van der Waals surface area (Å²) in [7, 11) is 0. The van der Waals surface area contributed by atoms with Gasteiger partial charge in [-0.15, -0.1) is 0 Å². The Kier molecular flexibility index (Phi) is 2.99. The number of carboxylic acids is 2. The minimum Gasteiger partial charge on any atom is -0.478 e. The summed E-state index contributed by atoms with van der Waals surface area (Å²) in [6.07, 6.45) is 0. The maximum Gasteiger partial charge on any atom is 0.374 e. The first-order chi connectivity index (χ1) is 8.90. The quantitative estimate of drug-likeness (QED) is 0.883. The topological polar surface area (TPSA) is 101 Å². The van der Waals surface area contributed by atoms with Gasteiger partial charge in [-0.25, -0.2) is 18.4 Å². The van der Waals surface area contributed by atoms with Crippen LogP contribution in [0.4, 0.5) is 8.78 Å². The van der Waals surface area contributed by atoms with Crippen LogP contribution in [-0.4, -0.2) is 27.3 Å². The van der Waals surface area contributed by atoms with E-state index in [9.17, 15) is 18.4 Å². The fourth-order valence-corrected chi connectivity index (χ4v) is 1.40. The number of carbonyl (C=O) groups is 2. The molecule has 0 bridgehead atoms. The Morgan fingerprint density at radius 3 is 2.32 bits per heavy atom. The van der Waals surface area contributed by atoms with Gasteiger partial charge in [0.05, 0.1) is 5.56 Å². The summed E-state index contributed by atoms with van der Waals surface area (Å²) in [6, 6.07) is 2.51. The Bertz CT molecular complexity index is 680. The Morgan fingerprint density at radius 1 is 1.11 bits per heavy atom. The third-order valence-corrected chi connectivity index (χ3v) is 2.28. The van der Waals surface area contributed by atoms with E-state index >= 15 is 0 Å². The van der Waals surface area contributed by atoms with Crippen molar-refractivity contribution >= 4 is 11.9 Å². The lowest BCUT2D eigenvalue weighted by atomic mass is 10.1. The molecule has 2 rings (SSSR count). The Balaban J connectivity index is 2.56. The van der Waals surface area contributed by atoms with Crippen molar-refractivity contribution in [2.75, 3.05) is 0 Å². The van der Waals surface area contributed by atoms with E-state index in [1.807, 2.05) is 0 Å². The second kappa shape index (κ2) is 4.48. The van der Waals surface area contributed by atoms with Crippen molar-refractivity contribution in [3.8, 4) is 11.3 Å². The van der Waals surface area contributed by atoms with Crippen LogP contribution < -0.4 is 0 Å². The van der Waals surface area contributed by atoms with Gasteiger partial charge in [0.25, 0.3) is 0 Å². The molecule has 1 aromatic carbocycles. The van der Waals surface area contributed by atoms with Crippen molar-refractivity contribution in [1.29, 1.82) is 0 Å². The molecule has 1 heterocycles. The largest absolute Gasteiger partial charge is 0.478 e. The summed E-state index contributed by atoms with van der Waals surface area (Å²) in [4.78, 5) is 21.3. The summed E-state index contributed by atoms with van der Waals surface area (Å²) in [6.45, 7) is 0. The monoisotopic (exact) mass is 269 g/mol. The Labute approximate surface area is 103 Å². The highest BCUT2D eigenvalue weighted by Crippen LogP contribution is 2.24. The maximum absolute atomic E-state index is 13.2. The van der Waals surface area contributed by atoms with Gasteiger partial charge in [0.1, 0.15) is 5.69 Å². The molecule has 2 aromatic rings. The van der Waals surface area contributed by atoms with Gasteiger partial charge in [-0.2, -0.15) is 0 Å². The van der Waals surface area contributed by atoms with E-state index < -0.39 is 34.9 Å². The normalized spacial score (nSPS) is 10.4. The molecule has 6 nitrogen and oxygen atoms in total. The molecular weight excluding hydrogens is 264 g/mol. The molecule has 0 saturated heterocycles. The maximum atomic E-state index is 13.2. The molecule has 0 aliphatic carbocycles. The molecule has 8 heteroatoms. The van der Waals surface area contributed by atoms with Crippen LogP contribution in [0.15, 0.2) is 22.7 Å². The summed E-state index contributed by atoms with van der Waals surface area (Å²) >= 11 is 0. The first kappa shape index (κ1) is 12.7. The first-order valence-corrected chi connectivity index (χ1v) is 4.83. The number of aromatic nitrogens is 1. The summed E-state index contributed by atoms with van der Waals surface area (Å²) in [5.41, 5.74) is -1.10. The lowest BCUT2D eigenvalue weighted by Gasteiger charge is -2.02. The number of nitrogens with zero attached hydrogens (tertiary/aromatic N) is 1. The van der Waals surface area contributed by atoms with E-state index in [0.29, 0.717) is 6.07 Å². The number of halogens is 2. The van der Waals surface area contributed by atoms with Crippen LogP contribution in [0.3, 0.4) is 0 Å². The molecule has 0 atom stereocenters. The lowest BCUT2D eigenvalue weighted by molar-refractivity contribution is 0.0649. The van der Waals surface area contributed by atoms with Crippen molar-refractivity contribution in [2.24, 2.45) is 0 Å². The zero-order chi connectivity index (χ0) is 14.2. The van der Waals surface area contributed by atoms with Gasteiger partial charge in [-0.05, 0) is 12.1 Å². The number of hydrogen-bond acceptors (Lipinski definition) is 4.